The van der Waals surface area contributed by atoms with Crippen LogP contribution in [0.5, 0.6) is 0 Å². The normalized spacial score (nSPS) is 19.9. The molecule has 3 rings (SSSR count). The Bertz CT molecular complexity index is 859. The van der Waals surface area contributed by atoms with Crippen LogP contribution >= 0.6 is 0 Å². The Morgan fingerprint density at radius 2 is 1.48 bits per heavy atom. The highest BCUT2D eigenvalue weighted by molar-refractivity contribution is 6.09. The molecule has 2 unspecified atom stereocenters. The van der Waals surface area contributed by atoms with Gasteiger partial charge in [-0.25, -0.2) is 0 Å². The maximum atomic E-state index is 12.5. The van der Waals surface area contributed by atoms with E-state index in [1.165, 1.54) is 5.57 Å². The third-order valence-electron chi connectivity index (χ3n) is 5.58. The monoisotopic (exact) mass is 361 g/mol. The average molecular weight is 361 g/mol. The van der Waals surface area contributed by atoms with Gasteiger partial charge in [-0.3, -0.25) is 9.59 Å². The number of carbonyl (C=O) groups excluding carboxylic acids is 2. The number of allylic oxidation sites excluding steroid dienone is 2. The van der Waals surface area contributed by atoms with E-state index < -0.39 is 0 Å². The van der Waals surface area contributed by atoms with Crippen molar-refractivity contribution in [1.82, 2.24) is 5.32 Å². The second-order valence-electron chi connectivity index (χ2n) is 8.18. The van der Waals surface area contributed by atoms with Crippen LogP contribution in [0.25, 0.3) is 0 Å². The molecule has 140 valence electrons. The Balaban J connectivity index is 1.60. The predicted octanol–water partition coefficient (Wildman–Crippen LogP) is 4.89. The van der Waals surface area contributed by atoms with Gasteiger partial charge in [-0.2, -0.15) is 0 Å². The molecule has 0 bridgehead atoms. The van der Waals surface area contributed by atoms with E-state index >= 15 is 0 Å². The zero-order valence-corrected chi connectivity index (χ0v) is 16.5. The quantitative estimate of drug-likeness (QED) is 0.588. The molecule has 1 amide bonds. The van der Waals surface area contributed by atoms with Crippen molar-refractivity contribution >= 4 is 11.7 Å². The van der Waals surface area contributed by atoms with Gasteiger partial charge in [-0.15, -0.1) is 0 Å². The van der Waals surface area contributed by atoms with E-state index in [4.69, 9.17) is 0 Å². The van der Waals surface area contributed by atoms with Crippen LogP contribution in [0, 0.1) is 17.3 Å². The van der Waals surface area contributed by atoms with Crippen molar-refractivity contribution in [1.29, 1.82) is 0 Å². The molecule has 0 saturated heterocycles. The summed E-state index contributed by atoms with van der Waals surface area (Å²) in [4.78, 5) is 24.9. The first-order chi connectivity index (χ1) is 12.8. The van der Waals surface area contributed by atoms with E-state index in [1.807, 2.05) is 18.2 Å². The van der Waals surface area contributed by atoms with Crippen molar-refractivity contribution < 1.29 is 9.59 Å². The van der Waals surface area contributed by atoms with E-state index in [2.05, 4.69) is 39.1 Å². The largest absolute Gasteiger partial charge is 0.352 e. The smallest absolute Gasteiger partial charge is 0.251 e. The van der Waals surface area contributed by atoms with Crippen molar-refractivity contribution in [2.75, 3.05) is 6.54 Å². The predicted molar refractivity (Wildman–Crippen MR) is 109 cm³/mol. The van der Waals surface area contributed by atoms with Crippen LogP contribution in [-0.4, -0.2) is 18.2 Å². The first kappa shape index (κ1) is 19.1. The van der Waals surface area contributed by atoms with Gasteiger partial charge in [0.05, 0.1) is 0 Å². The van der Waals surface area contributed by atoms with Crippen molar-refractivity contribution in [3.63, 3.8) is 0 Å². The fourth-order valence-electron chi connectivity index (χ4n) is 3.70. The minimum absolute atomic E-state index is 0.0353. The molecule has 0 aromatic heterocycles. The molecule has 0 aliphatic heterocycles. The molecule has 2 aromatic carbocycles. The van der Waals surface area contributed by atoms with E-state index in [9.17, 15) is 9.59 Å². The molecule has 1 fully saturated rings. The number of amides is 1. The van der Waals surface area contributed by atoms with Gasteiger partial charge in [0.25, 0.3) is 5.91 Å². The molecule has 3 heteroatoms. The first-order valence-corrected chi connectivity index (χ1v) is 9.43. The summed E-state index contributed by atoms with van der Waals surface area (Å²) in [5.74, 6) is 0.864. The highest BCUT2D eigenvalue weighted by atomic mass is 16.1. The average Bonchev–Trinajstić information content (AvgIpc) is 3.17. The summed E-state index contributed by atoms with van der Waals surface area (Å²) >= 11 is 0. The highest BCUT2D eigenvalue weighted by Gasteiger charge is 2.55. The van der Waals surface area contributed by atoms with Crippen molar-refractivity contribution in [3.05, 3.63) is 82.9 Å². The van der Waals surface area contributed by atoms with Gasteiger partial charge in [0, 0.05) is 23.2 Å². The van der Waals surface area contributed by atoms with Crippen LogP contribution < -0.4 is 5.32 Å². The van der Waals surface area contributed by atoms with Crippen LogP contribution in [-0.2, 0) is 0 Å². The van der Waals surface area contributed by atoms with Gasteiger partial charge in [0.15, 0.2) is 5.78 Å². The zero-order chi connectivity index (χ0) is 19.6. The molecule has 0 spiro atoms. The zero-order valence-electron chi connectivity index (χ0n) is 16.5. The molecule has 2 aromatic rings. The van der Waals surface area contributed by atoms with Gasteiger partial charge in [0.2, 0.25) is 0 Å². The van der Waals surface area contributed by atoms with Gasteiger partial charge in [-0.05, 0) is 43.2 Å². The second-order valence-corrected chi connectivity index (χ2v) is 8.18. The first-order valence-electron chi connectivity index (χ1n) is 9.43. The third-order valence-corrected chi connectivity index (χ3v) is 5.58. The SMILES string of the molecule is CC(C)=CC1C(CNC(=O)c2ccc(C(=O)c3ccccc3)cc2)C1(C)C. The molecule has 0 heterocycles. The summed E-state index contributed by atoms with van der Waals surface area (Å²) in [5, 5.41) is 3.05. The maximum absolute atomic E-state index is 12.5. The molecule has 27 heavy (non-hydrogen) atoms. The standard InChI is InChI=1S/C24H27NO2/c1-16(2)14-20-21(24(20,3)4)15-25-23(27)19-12-10-18(11-13-19)22(26)17-8-6-5-7-9-17/h5-14,20-21H,15H2,1-4H3,(H,25,27). The van der Waals surface area contributed by atoms with Crippen LogP contribution in [0.4, 0.5) is 0 Å². The summed E-state index contributed by atoms with van der Waals surface area (Å²) in [5.41, 5.74) is 3.37. The summed E-state index contributed by atoms with van der Waals surface area (Å²) in [7, 11) is 0. The highest BCUT2D eigenvalue weighted by Crippen LogP contribution is 2.58. The Morgan fingerprint density at radius 1 is 0.926 bits per heavy atom. The van der Waals surface area contributed by atoms with Gasteiger partial charge in [-0.1, -0.05) is 68.0 Å². The maximum Gasteiger partial charge on any atom is 0.251 e. The lowest BCUT2D eigenvalue weighted by molar-refractivity contribution is 0.0949. The lowest BCUT2D eigenvalue weighted by Gasteiger charge is -2.07. The number of ketones is 1. The molecular weight excluding hydrogens is 334 g/mol. The Kier molecular flexibility index (Phi) is 5.31. The number of benzene rings is 2. The molecule has 2 atom stereocenters. The van der Waals surface area contributed by atoms with Gasteiger partial charge >= 0.3 is 0 Å². The summed E-state index contributed by atoms with van der Waals surface area (Å²) in [6, 6.07) is 16.0. The van der Waals surface area contributed by atoms with E-state index in [0.717, 1.165) is 0 Å². The Labute approximate surface area is 161 Å². The number of rotatable bonds is 6. The van der Waals surface area contributed by atoms with Gasteiger partial charge < -0.3 is 5.32 Å². The summed E-state index contributed by atoms with van der Waals surface area (Å²) < 4.78 is 0. The molecular formula is C24H27NO2. The molecule has 1 saturated carbocycles. The van der Waals surface area contributed by atoms with Crippen LogP contribution in [0.1, 0.15) is 54.0 Å². The van der Waals surface area contributed by atoms with Gasteiger partial charge in [0.1, 0.15) is 0 Å². The Morgan fingerprint density at radius 3 is 2.07 bits per heavy atom. The fourth-order valence-corrected chi connectivity index (χ4v) is 3.70. The van der Waals surface area contributed by atoms with Crippen LogP contribution in [0.2, 0.25) is 0 Å². The molecule has 3 nitrogen and oxygen atoms in total. The number of hydrogen-bond acceptors (Lipinski definition) is 2. The summed E-state index contributed by atoms with van der Waals surface area (Å²) in [6.45, 7) is 9.39. The number of hydrogen-bond donors (Lipinski definition) is 1. The fraction of sp³-hybridized carbons (Fsp3) is 0.333. The van der Waals surface area contributed by atoms with E-state index in [1.54, 1.807) is 36.4 Å². The molecule has 1 aliphatic carbocycles. The Hall–Kier alpha value is -2.68. The molecule has 1 aliphatic rings. The van der Waals surface area contributed by atoms with Crippen LogP contribution in [0.3, 0.4) is 0 Å². The van der Waals surface area contributed by atoms with Crippen molar-refractivity contribution in [2.24, 2.45) is 17.3 Å². The minimum atomic E-state index is -0.0904. The summed E-state index contributed by atoms with van der Waals surface area (Å²) in [6.07, 6.45) is 2.31. The van der Waals surface area contributed by atoms with Crippen molar-refractivity contribution in [3.8, 4) is 0 Å². The molecule has 1 N–H and O–H groups in total. The topological polar surface area (TPSA) is 46.2 Å². The van der Waals surface area contributed by atoms with E-state index in [-0.39, 0.29) is 17.1 Å². The lowest BCUT2D eigenvalue weighted by atomic mass is 10.0. The number of carbonyl (C=O) groups is 2. The lowest BCUT2D eigenvalue weighted by Crippen LogP contribution is -2.26. The minimum Gasteiger partial charge on any atom is -0.352 e. The van der Waals surface area contributed by atoms with E-state index in [0.29, 0.717) is 35.1 Å². The third kappa shape index (κ3) is 4.19. The molecule has 0 radical (unpaired) electrons. The van der Waals surface area contributed by atoms with Crippen molar-refractivity contribution in [2.45, 2.75) is 27.7 Å². The van der Waals surface area contributed by atoms with Crippen LogP contribution in [0.15, 0.2) is 66.2 Å². The second kappa shape index (κ2) is 7.51. The number of nitrogens with one attached hydrogen (secondary N) is 1.